The van der Waals surface area contributed by atoms with Gasteiger partial charge in [0.15, 0.2) is 0 Å². The maximum Gasteiger partial charge on any atom is 0.246 e. The van der Waals surface area contributed by atoms with Crippen LogP contribution >= 0.6 is 0 Å². The number of hydrogen-bond donors (Lipinski definition) is 0. The van der Waals surface area contributed by atoms with E-state index in [0.29, 0.717) is 37.5 Å². The molecule has 1 saturated heterocycles. The summed E-state index contributed by atoms with van der Waals surface area (Å²) in [7, 11) is 0. The van der Waals surface area contributed by atoms with E-state index in [1.54, 1.807) is 6.08 Å². The van der Waals surface area contributed by atoms with Gasteiger partial charge < -0.3 is 9.80 Å². The average Bonchev–Trinajstić information content (AvgIpc) is 2.71. The number of hydrogen-bond acceptors (Lipinski definition) is 2. The Kier molecular flexibility index (Phi) is 4.97. The molecule has 0 radical (unpaired) electrons. The topological polar surface area (TPSA) is 40.6 Å². The van der Waals surface area contributed by atoms with Crippen molar-refractivity contribution in [3.8, 4) is 0 Å². The smallest absolute Gasteiger partial charge is 0.246 e. The highest BCUT2D eigenvalue weighted by Gasteiger charge is 2.51. The molecule has 29 heavy (non-hydrogen) atoms. The zero-order chi connectivity index (χ0) is 19.8. The van der Waals surface area contributed by atoms with Crippen LogP contribution in [-0.2, 0) is 9.59 Å². The first kappa shape index (κ1) is 18.9. The number of amides is 2. The van der Waals surface area contributed by atoms with Gasteiger partial charge in [-0.3, -0.25) is 9.59 Å². The number of carbonyl (C=O) groups is 2. The molecule has 4 heteroatoms. The highest BCUT2D eigenvalue weighted by molar-refractivity contribution is 5.92. The Morgan fingerprint density at radius 1 is 0.862 bits per heavy atom. The van der Waals surface area contributed by atoms with Gasteiger partial charge in [-0.15, -0.1) is 0 Å². The van der Waals surface area contributed by atoms with Gasteiger partial charge in [0.05, 0.1) is 0 Å². The Bertz CT molecular complexity index is 757. The van der Waals surface area contributed by atoms with Crippen LogP contribution in [0.25, 0.3) is 6.08 Å². The first-order chi connectivity index (χ1) is 14.1. The monoisotopic (exact) mass is 392 g/mol. The summed E-state index contributed by atoms with van der Waals surface area (Å²) in [6.07, 6.45) is 12.4. The van der Waals surface area contributed by atoms with Gasteiger partial charge in [-0.2, -0.15) is 0 Å². The van der Waals surface area contributed by atoms with E-state index >= 15 is 0 Å². The van der Waals surface area contributed by atoms with E-state index in [9.17, 15) is 9.59 Å². The summed E-state index contributed by atoms with van der Waals surface area (Å²) in [5.41, 5.74) is 1.34. The number of carbonyl (C=O) groups excluding carboxylic acids is 2. The number of piperazine rings is 1. The Hall–Kier alpha value is -2.10. The maximum atomic E-state index is 13.1. The zero-order valence-corrected chi connectivity index (χ0v) is 17.3. The molecule has 2 amide bonds. The van der Waals surface area contributed by atoms with Crippen molar-refractivity contribution in [1.29, 1.82) is 0 Å². The highest BCUT2D eigenvalue weighted by atomic mass is 16.2. The summed E-state index contributed by atoms with van der Waals surface area (Å²) < 4.78 is 0. The molecule has 4 bridgehead atoms. The average molecular weight is 393 g/mol. The Morgan fingerprint density at radius 2 is 1.41 bits per heavy atom. The van der Waals surface area contributed by atoms with Crippen molar-refractivity contribution in [2.45, 2.75) is 44.9 Å². The van der Waals surface area contributed by atoms with Crippen molar-refractivity contribution in [3.05, 3.63) is 42.0 Å². The Morgan fingerprint density at radius 3 is 2.00 bits per heavy atom. The van der Waals surface area contributed by atoms with Crippen molar-refractivity contribution in [2.24, 2.45) is 23.2 Å². The summed E-state index contributed by atoms with van der Waals surface area (Å²) in [6.45, 7) is 2.64. The lowest BCUT2D eigenvalue weighted by molar-refractivity contribution is -0.143. The molecule has 0 unspecified atom stereocenters. The third-order valence-corrected chi connectivity index (χ3v) is 7.85. The molecule has 5 fully saturated rings. The van der Waals surface area contributed by atoms with E-state index in [1.165, 1.54) is 38.5 Å². The SMILES string of the molecule is O=C(C=Cc1ccccc1)N1CCN(C(=O)CC23CC4CC(CC(C4)C2)C3)CC1. The quantitative estimate of drug-likeness (QED) is 0.728. The summed E-state index contributed by atoms with van der Waals surface area (Å²) in [6, 6.07) is 9.89. The van der Waals surface area contributed by atoms with Gasteiger partial charge in [0.1, 0.15) is 0 Å². The first-order valence-corrected chi connectivity index (χ1v) is 11.4. The molecule has 1 aromatic rings. The molecular formula is C25H32N2O2. The maximum absolute atomic E-state index is 13.1. The minimum absolute atomic E-state index is 0.0436. The van der Waals surface area contributed by atoms with Gasteiger partial charge in [0.25, 0.3) is 0 Å². The van der Waals surface area contributed by atoms with Crippen LogP contribution in [0.4, 0.5) is 0 Å². The van der Waals surface area contributed by atoms with Crippen LogP contribution < -0.4 is 0 Å². The molecule has 1 heterocycles. The van der Waals surface area contributed by atoms with E-state index < -0.39 is 0 Å². The van der Waals surface area contributed by atoms with Crippen LogP contribution in [0.2, 0.25) is 0 Å². The third kappa shape index (κ3) is 3.99. The Balaban J connectivity index is 1.13. The molecule has 0 aromatic heterocycles. The van der Waals surface area contributed by atoms with Crippen LogP contribution in [0.3, 0.4) is 0 Å². The van der Waals surface area contributed by atoms with E-state index in [1.807, 2.05) is 46.2 Å². The van der Waals surface area contributed by atoms with E-state index in [0.717, 1.165) is 29.7 Å². The molecule has 0 spiro atoms. The second-order valence-electron chi connectivity index (χ2n) is 10.0. The van der Waals surface area contributed by atoms with E-state index in [2.05, 4.69) is 0 Å². The minimum Gasteiger partial charge on any atom is -0.339 e. The summed E-state index contributed by atoms with van der Waals surface area (Å²) >= 11 is 0. The highest BCUT2D eigenvalue weighted by Crippen LogP contribution is 2.61. The molecule has 1 aliphatic heterocycles. The fraction of sp³-hybridized carbons (Fsp3) is 0.600. The lowest BCUT2D eigenvalue weighted by Crippen LogP contribution is -2.53. The predicted molar refractivity (Wildman–Crippen MR) is 114 cm³/mol. The Labute approximate surface area is 173 Å². The fourth-order valence-corrected chi connectivity index (χ4v) is 6.95. The predicted octanol–water partition coefficient (Wildman–Crippen LogP) is 3.98. The number of nitrogens with zero attached hydrogens (tertiary/aromatic N) is 2. The molecule has 0 N–H and O–H groups in total. The molecule has 5 aliphatic rings. The van der Waals surface area contributed by atoms with Gasteiger partial charge >= 0.3 is 0 Å². The molecule has 4 saturated carbocycles. The van der Waals surface area contributed by atoms with Gasteiger partial charge in [0, 0.05) is 38.7 Å². The van der Waals surface area contributed by atoms with Gasteiger partial charge in [-0.1, -0.05) is 30.3 Å². The van der Waals surface area contributed by atoms with Crippen LogP contribution in [-0.4, -0.2) is 47.8 Å². The van der Waals surface area contributed by atoms with E-state index in [4.69, 9.17) is 0 Å². The molecule has 4 aliphatic carbocycles. The first-order valence-electron chi connectivity index (χ1n) is 11.4. The van der Waals surface area contributed by atoms with Gasteiger partial charge in [-0.05, 0) is 73.3 Å². The standard InChI is InChI=1S/C25H32N2O2/c28-23(7-6-19-4-2-1-3-5-19)26-8-10-27(11-9-26)24(29)18-25-15-20-12-21(16-25)14-22(13-20)17-25/h1-7,20-22H,8-18H2. The van der Waals surface area contributed by atoms with Crippen molar-refractivity contribution in [2.75, 3.05) is 26.2 Å². The third-order valence-electron chi connectivity index (χ3n) is 7.85. The van der Waals surface area contributed by atoms with Crippen LogP contribution in [0.1, 0.15) is 50.5 Å². The lowest BCUT2D eigenvalue weighted by Gasteiger charge is -2.57. The summed E-state index contributed by atoms with van der Waals surface area (Å²) in [4.78, 5) is 29.4. The largest absolute Gasteiger partial charge is 0.339 e. The van der Waals surface area contributed by atoms with Crippen LogP contribution in [0.15, 0.2) is 36.4 Å². The molecule has 4 nitrogen and oxygen atoms in total. The van der Waals surface area contributed by atoms with Gasteiger partial charge in [0.2, 0.25) is 11.8 Å². The summed E-state index contributed by atoms with van der Waals surface area (Å²) in [5.74, 6) is 3.04. The second-order valence-corrected chi connectivity index (χ2v) is 10.0. The van der Waals surface area contributed by atoms with Crippen molar-refractivity contribution in [3.63, 3.8) is 0 Å². The lowest BCUT2D eigenvalue weighted by atomic mass is 9.49. The van der Waals surface area contributed by atoms with Crippen molar-refractivity contribution in [1.82, 2.24) is 9.80 Å². The normalized spacial score (nSPS) is 33.4. The molecular weight excluding hydrogens is 360 g/mol. The molecule has 6 rings (SSSR count). The van der Waals surface area contributed by atoms with E-state index in [-0.39, 0.29) is 5.91 Å². The van der Waals surface area contributed by atoms with Crippen LogP contribution in [0.5, 0.6) is 0 Å². The minimum atomic E-state index is 0.0436. The number of rotatable bonds is 4. The molecule has 0 atom stereocenters. The summed E-state index contributed by atoms with van der Waals surface area (Å²) in [5, 5.41) is 0. The zero-order valence-electron chi connectivity index (χ0n) is 17.3. The molecule has 154 valence electrons. The van der Waals surface area contributed by atoms with Crippen molar-refractivity contribution < 1.29 is 9.59 Å². The van der Waals surface area contributed by atoms with Crippen molar-refractivity contribution >= 4 is 17.9 Å². The molecule has 1 aromatic carbocycles. The second kappa shape index (κ2) is 7.62. The van der Waals surface area contributed by atoms with Crippen LogP contribution in [0, 0.1) is 23.2 Å². The van der Waals surface area contributed by atoms with Gasteiger partial charge in [-0.25, -0.2) is 0 Å². The number of benzene rings is 1. The fourth-order valence-electron chi connectivity index (χ4n) is 6.95.